The van der Waals surface area contributed by atoms with Crippen LogP contribution in [0.5, 0.6) is 11.6 Å². The van der Waals surface area contributed by atoms with Gasteiger partial charge in [0.25, 0.3) is 0 Å². The number of aromatic nitrogens is 1. The zero-order valence-corrected chi connectivity index (χ0v) is 22.2. The molecule has 10 heteroatoms. The summed E-state index contributed by atoms with van der Waals surface area (Å²) in [6.45, 7) is 8.44. The van der Waals surface area contributed by atoms with E-state index in [1.807, 2.05) is 6.07 Å². The summed E-state index contributed by atoms with van der Waals surface area (Å²) in [4.78, 5) is 16.7. The molecular weight excluding hydrogens is 541 g/mol. The number of alkyl carbamates (subject to hydrolysis) is 1. The van der Waals surface area contributed by atoms with Crippen molar-refractivity contribution in [2.45, 2.75) is 58.5 Å². The maximum atomic E-state index is 14.1. The van der Waals surface area contributed by atoms with Crippen LogP contribution in [0.1, 0.15) is 51.8 Å². The number of nitrogens with one attached hydrogen (secondary N) is 1. The Kier molecular flexibility index (Phi) is 8.38. The first-order valence-electron chi connectivity index (χ1n) is 11.3. The van der Waals surface area contributed by atoms with Crippen molar-refractivity contribution in [2.24, 2.45) is 0 Å². The van der Waals surface area contributed by atoms with E-state index >= 15 is 0 Å². The largest absolute Gasteiger partial charge is 0.489 e. The summed E-state index contributed by atoms with van der Waals surface area (Å²) in [6.07, 6.45) is -5.72. The Morgan fingerprint density at radius 3 is 2.33 bits per heavy atom. The van der Waals surface area contributed by atoms with Gasteiger partial charge in [-0.05, 0) is 68.2 Å². The minimum atomic E-state index is -4.69. The minimum Gasteiger partial charge on any atom is -0.489 e. The summed E-state index contributed by atoms with van der Waals surface area (Å²) in [5, 5.41) is 2.53. The highest BCUT2D eigenvalue weighted by Gasteiger charge is 2.36. The molecule has 0 saturated carbocycles. The number of rotatable bonds is 7. The lowest BCUT2D eigenvalue weighted by Gasteiger charge is -2.25. The van der Waals surface area contributed by atoms with Crippen LogP contribution in [0, 0.1) is 0 Å². The van der Waals surface area contributed by atoms with Crippen LogP contribution in [0.25, 0.3) is 10.9 Å². The van der Waals surface area contributed by atoms with Gasteiger partial charge in [0.2, 0.25) is 5.88 Å². The van der Waals surface area contributed by atoms with Gasteiger partial charge >= 0.3 is 12.3 Å². The summed E-state index contributed by atoms with van der Waals surface area (Å²) in [5.74, 6) is -0.179. The third-order valence-electron chi connectivity index (χ3n) is 4.80. The van der Waals surface area contributed by atoms with Crippen LogP contribution in [0.15, 0.2) is 53.0 Å². The van der Waals surface area contributed by atoms with E-state index in [-0.39, 0.29) is 35.2 Å². The molecule has 0 radical (unpaired) electrons. The molecule has 0 fully saturated rings. The number of amides is 1. The van der Waals surface area contributed by atoms with Crippen molar-refractivity contribution in [3.8, 4) is 11.6 Å². The lowest BCUT2D eigenvalue weighted by atomic mass is 10.1. The second-order valence-corrected chi connectivity index (χ2v) is 10.2. The first-order chi connectivity index (χ1) is 16.7. The fraction of sp³-hybridized carbons (Fsp3) is 0.385. The summed E-state index contributed by atoms with van der Waals surface area (Å²) in [7, 11) is 0. The average Bonchev–Trinajstić information content (AvgIpc) is 2.75. The Labute approximate surface area is 216 Å². The predicted molar refractivity (Wildman–Crippen MR) is 134 cm³/mol. The molecule has 1 N–H and O–H groups in total. The lowest BCUT2D eigenvalue weighted by Crippen LogP contribution is -2.37. The normalized spacial score (nSPS) is 12.9. The van der Waals surface area contributed by atoms with Crippen molar-refractivity contribution < 1.29 is 32.2 Å². The Hall–Kier alpha value is -3.01. The van der Waals surface area contributed by atoms with Crippen molar-refractivity contribution in [3.63, 3.8) is 0 Å². The molecule has 0 bridgehead atoms. The van der Waals surface area contributed by atoms with Crippen molar-refractivity contribution >= 4 is 32.9 Å². The van der Waals surface area contributed by atoms with Crippen LogP contribution in [0.4, 0.5) is 18.0 Å². The van der Waals surface area contributed by atoms with Crippen LogP contribution < -0.4 is 14.8 Å². The molecule has 1 atom stereocenters. The fourth-order valence-electron chi connectivity index (χ4n) is 3.44. The van der Waals surface area contributed by atoms with Crippen molar-refractivity contribution in [3.05, 3.63) is 64.1 Å². The molecule has 3 rings (SSSR count). The molecule has 0 aliphatic rings. The summed E-state index contributed by atoms with van der Waals surface area (Å²) >= 11 is 3.31. The van der Waals surface area contributed by atoms with Crippen LogP contribution in [-0.4, -0.2) is 29.4 Å². The van der Waals surface area contributed by atoms with E-state index < -0.39 is 29.5 Å². The molecule has 0 spiro atoms. The standard InChI is InChI=1S/C26H28BrF3N2O4/c1-15(2)35-21-13-17(26(28,29)30)22-19(31-21)12-11-18(27)23(22)34-14-20(16-9-7-6-8-10-16)32-24(33)36-25(3,4)5/h6-13,15,20H,14H2,1-5H3,(H,32,33)/t20-/m0/s1. The number of ether oxygens (including phenoxy) is 3. The second kappa shape index (κ2) is 10.9. The van der Waals surface area contributed by atoms with Crippen molar-refractivity contribution in [1.29, 1.82) is 0 Å². The molecule has 194 valence electrons. The molecule has 6 nitrogen and oxygen atoms in total. The summed E-state index contributed by atoms with van der Waals surface area (Å²) < 4.78 is 59.4. The summed E-state index contributed by atoms with van der Waals surface area (Å²) in [5.41, 5.74) is -0.902. The van der Waals surface area contributed by atoms with Gasteiger partial charge in [0, 0.05) is 6.07 Å². The lowest BCUT2D eigenvalue weighted by molar-refractivity contribution is -0.136. The van der Waals surface area contributed by atoms with Gasteiger partial charge in [-0.15, -0.1) is 0 Å². The van der Waals surface area contributed by atoms with Gasteiger partial charge in [-0.1, -0.05) is 30.3 Å². The maximum Gasteiger partial charge on any atom is 0.417 e. The Bertz CT molecular complexity index is 1210. The van der Waals surface area contributed by atoms with E-state index in [9.17, 15) is 18.0 Å². The van der Waals surface area contributed by atoms with Gasteiger partial charge in [0.1, 0.15) is 18.0 Å². The quantitative estimate of drug-likeness (QED) is 0.320. The second-order valence-electron chi connectivity index (χ2n) is 9.36. The molecule has 0 saturated heterocycles. The maximum absolute atomic E-state index is 14.1. The number of halogens is 4. The minimum absolute atomic E-state index is 0.0460. The molecule has 1 aromatic heterocycles. The number of pyridine rings is 1. The SMILES string of the molecule is CC(C)Oc1cc(C(F)(F)F)c2c(OC[C@H](NC(=O)OC(C)(C)C)c3ccccc3)c(Br)ccc2n1. The number of carbonyl (C=O) groups excluding carboxylic acids is 1. The number of fused-ring (bicyclic) bond motifs is 1. The van der Waals surface area contributed by atoms with E-state index in [1.165, 1.54) is 6.07 Å². The zero-order valence-electron chi connectivity index (χ0n) is 20.6. The topological polar surface area (TPSA) is 69.7 Å². The van der Waals surface area contributed by atoms with Gasteiger partial charge in [-0.25, -0.2) is 9.78 Å². The van der Waals surface area contributed by atoms with Gasteiger partial charge < -0.3 is 19.5 Å². The third kappa shape index (κ3) is 7.25. The summed E-state index contributed by atoms with van der Waals surface area (Å²) in [6, 6.07) is 12.1. The molecule has 1 heterocycles. The van der Waals surface area contributed by atoms with Crippen LogP contribution >= 0.6 is 15.9 Å². The van der Waals surface area contributed by atoms with E-state index in [1.54, 1.807) is 65.0 Å². The highest BCUT2D eigenvalue weighted by Crippen LogP contribution is 2.43. The number of carbonyl (C=O) groups is 1. The Morgan fingerprint density at radius 2 is 1.75 bits per heavy atom. The van der Waals surface area contributed by atoms with E-state index in [4.69, 9.17) is 14.2 Å². The molecule has 0 aliphatic heterocycles. The molecule has 1 amide bonds. The number of nitrogens with zero attached hydrogens (tertiary/aromatic N) is 1. The van der Waals surface area contributed by atoms with Crippen molar-refractivity contribution in [2.75, 3.05) is 6.61 Å². The third-order valence-corrected chi connectivity index (χ3v) is 5.43. The number of benzene rings is 2. The first-order valence-corrected chi connectivity index (χ1v) is 12.1. The first kappa shape index (κ1) is 27.6. The van der Waals surface area contributed by atoms with Crippen LogP contribution in [0.3, 0.4) is 0 Å². The van der Waals surface area contributed by atoms with Crippen molar-refractivity contribution in [1.82, 2.24) is 10.3 Å². The zero-order chi connectivity index (χ0) is 26.7. The molecule has 0 aliphatic carbocycles. The molecule has 0 unspecified atom stereocenters. The highest BCUT2D eigenvalue weighted by atomic mass is 79.9. The van der Waals surface area contributed by atoms with Gasteiger partial charge in [-0.2, -0.15) is 13.2 Å². The molecular formula is C26H28BrF3N2O4. The smallest absolute Gasteiger partial charge is 0.417 e. The van der Waals surface area contributed by atoms with E-state index in [0.29, 0.717) is 10.0 Å². The van der Waals surface area contributed by atoms with Gasteiger partial charge in [-0.3, -0.25) is 0 Å². The average molecular weight is 569 g/mol. The van der Waals surface area contributed by atoms with Gasteiger partial charge in [0.05, 0.1) is 33.1 Å². The van der Waals surface area contributed by atoms with E-state index in [2.05, 4.69) is 26.2 Å². The Balaban J connectivity index is 2.02. The fourth-order valence-corrected chi connectivity index (χ4v) is 3.88. The number of alkyl halides is 3. The highest BCUT2D eigenvalue weighted by molar-refractivity contribution is 9.10. The number of hydrogen-bond donors (Lipinski definition) is 1. The van der Waals surface area contributed by atoms with Crippen LogP contribution in [0.2, 0.25) is 0 Å². The molecule has 36 heavy (non-hydrogen) atoms. The molecule has 3 aromatic rings. The Morgan fingerprint density at radius 1 is 1.08 bits per heavy atom. The monoisotopic (exact) mass is 568 g/mol. The van der Waals surface area contributed by atoms with E-state index in [0.717, 1.165) is 6.07 Å². The molecule has 2 aromatic carbocycles. The number of hydrogen-bond acceptors (Lipinski definition) is 5. The van der Waals surface area contributed by atoms with Crippen LogP contribution in [-0.2, 0) is 10.9 Å². The predicted octanol–water partition coefficient (Wildman–Crippen LogP) is 7.45. The van der Waals surface area contributed by atoms with Gasteiger partial charge in [0.15, 0.2) is 0 Å².